The molecule has 0 radical (unpaired) electrons. The lowest BCUT2D eigenvalue weighted by atomic mass is 10.1. The number of imidazole rings is 1. The maximum atomic E-state index is 12.7. The minimum absolute atomic E-state index is 0.0591. The molecule has 138 valence electrons. The minimum Gasteiger partial charge on any atom is -0.338 e. The van der Waals surface area contributed by atoms with Gasteiger partial charge in [0, 0.05) is 19.6 Å². The Bertz CT molecular complexity index is 839. The third kappa shape index (κ3) is 4.59. The molecule has 1 unspecified atom stereocenters. The van der Waals surface area contributed by atoms with Crippen LogP contribution in [0.3, 0.4) is 0 Å². The zero-order valence-electron chi connectivity index (χ0n) is 15.6. The van der Waals surface area contributed by atoms with E-state index >= 15 is 0 Å². The van der Waals surface area contributed by atoms with E-state index in [0.717, 1.165) is 37.4 Å². The zero-order chi connectivity index (χ0) is 18.5. The first-order valence-electron chi connectivity index (χ1n) is 9.07. The van der Waals surface area contributed by atoms with Crippen molar-refractivity contribution in [2.75, 3.05) is 19.6 Å². The summed E-state index contributed by atoms with van der Waals surface area (Å²) in [7, 11) is 0. The molecule has 6 nitrogen and oxygen atoms in total. The Morgan fingerprint density at radius 1 is 1.31 bits per heavy atom. The number of para-hydroxylation sites is 1. The van der Waals surface area contributed by atoms with Crippen molar-refractivity contribution in [3.63, 3.8) is 0 Å². The van der Waals surface area contributed by atoms with E-state index in [-0.39, 0.29) is 12.1 Å². The molecule has 0 spiro atoms. The van der Waals surface area contributed by atoms with E-state index in [4.69, 9.17) is 0 Å². The lowest BCUT2D eigenvalue weighted by Crippen LogP contribution is -2.57. The summed E-state index contributed by atoms with van der Waals surface area (Å²) in [6.45, 7) is 8.76. The second-order valence-corrected chi connectivity index (χ2v) is 6.98. The van der Waals surface area contributed by atoms with E-state index in [0.29, 0.717) is 11.1 Å². The zero-order valence-corrected chi connectivity index (χ0v) is 15.6. The lowest BCUT2D eigenvalue weighted by molar-refractivity contribution is 0.0926. The Morgan fingerprint density at radius 2 is 2.15 bits per heavy atom. The molecule has 4 N–H and O–H groups in total. The largest absolute Gasteiger partial charge is 0.338 e. The first-order valence-corrected chi connectivity index (χ1v) is 9.07. The molecule has 1 fully saturated rings. The second kappa shape index (κ2) is 8.29. The van der Waals surface area contributed by atoms with E-state index in [1.807, 2.05) is 24.3 Å². The summed E-state index contributed by atoms with van der Waals surface area (Å²) in [6, 6.07) is 5.64. The number of H-pyrrole nitrogens is 1. The van der Waals surface area contributed by atoms with Crippen molar-refractivity contribution in [2.45, 2.75) is 33.4 Å². The van der Waals surface area contributed by atoms with E-state index in [2.05, 4.69) is 52.8 Å². The lowest BCUT2D eigenvalue weighted by Gasteiger charge is -2.25. The van der Waals surface area contributed by atoms with Crippen LogP contribution in [-0.2, 0) is 0 Å². The molecular weight excluding hydrogens is 326 g/mol. The number of hydrogen-bond donors (Lipinski definition) is 4. The topological polar surface area (TPSA) is 81.8 Å². The van der Waals surface area contributed by atoms with Crippen molar-refractivity contribution >= 4 is 23.0 Å². The van der Waals surface area contributed by atoms with E-state index < -0.39 is 0 Å². The van der Waals surface area contributed by atoms with Gasteiger partial charge in [-0.15, -0.1) is 0 Å². The van der Waals surface area contributed by atoms with Crippen molar-refractivity contribution in [3.05, 3.63) is 46.8 Å². The molecule has 3 rings (SSSR count). The summed E-state index contributed by atoms with van der Waals surface area (Å²) in [5, 5.41) is 9.57. The Labute approximate surface area is 154 Å². The number of carbonyl (C=O) groups is 1. The number of nitrogens with one attached hydrogen (secondary N) is 4. The molecule has 1 amide bonds. The minimum atomic E-state index is -0.111. The number of piperazine rings is 1. The SMILES string of the molecule is CC(C)=CC/C(C)=C/c1nc2c(C(=O)NC3CNCCN3)cccc2[nH]1. The van der Waals surface area contributed by atoms with Gasteiger partial charge in [0.05, 0.1) is 17.2 Å². The molecular formula is C20H27N5O. The highest BCUT2D eigenvalue weighted by Gasteiger charge is 2.18. The number of fused-ring (bicyclic) bond motifs is 1. The van der Waals surface area contributed by atoms with Gasteiger partial charge >= 0.3 is 0 Å². The smallest absolute Gasteiger partial charge is 0.254 e. The molecule has 1 aliphatic rings. The van der Waals surface area contributed by atoms with Crippen molar-refractivity contribution in [3.8, 4) is 0 Å². The van der Waals surface area contributed by atoms with E-state index in [1.165, 1.54) is 11.1 Å². The summed E-state index contributed by atoms with van der Waals surface area (Å²) in [5.41, 5.74) is 4.68. The predicted molar refractivity (Wildman–Crippen MR) is 106 cm³/mol. The normalized spacial score (nSPS) is 18.0. The number of allylic oxidation sites excluding steroid dienone is 3. The average Bonchev–Trinajstić information content (AvgIpc) is 3.03. The quantitative estimate of drug-likeness (QED) is 0.623. The molecule has 0 saturated carbocycles. The Morgan fingerprint density at radius 3 is 2.88 bits per heavy atom. The highest BCUT2D eigenvalue weighted by Crippen LogP contribution is 2.19. The number of carbonyl (C=O) groups excluding carboxylic acids is 1. The Hall–Kier alpha value is -2.44. The molecule has 2 heterocycles. The number of aromatic amines is 1. The predicted octanol–water partition coefficient (Wildman–Crippen LogP) is 2.57. The van der Waals surface area contributed by atoms with E-state index in [1.54, 1.807) is 0 Å². The van der Waals surface area contributed by atoms with Crippen LogP contribution in [0, 0.1) is 0 Å². The van der Waals surface area contributed by atoms with Gasteiger partial charge in [-0.05, 0) is 45.4 Å². The Balaban J connectivity index is 1.81. The van der Waals surface area contributed by atoms with Crippen LogP contribution in [0.25, 0.3) is 17.1 Å². The summed E-state index contributed by atoms with van der Waals surface area (Å²) in [5.74, 6) is 0.664. The molecule has 0 aliphatic carbocycles. The van der Waals surface area contributed by atoms with Crippen LogP contribution in [0.4, 0.5) is 0 Å². The molecule has 6 heteroatoms. The van der Waals surface area contributed by atoms with Gasteiger partial charge in [0.1, 0.15) is 11.3 Å². The summed E-state index contributed by atoms with van der Waals surface area (Å²) < 4.78 is 0. The monoisotopic (exact) mass is 353 g/mol. The van der Waals surface area contributed by atoms with Crippen LogP contribution in [0.5, 0.6) is 0 Å². The van der Waals surface area contributed by atoms with Crippen LogP contribution in [-0.4, -0.2) is 41.7 Å². The molecule has 1 aromatic carbocycles. The maximum absolute atomic E-state index is 12.7. The number of nitrogens with zero attached hydrogens (tertiary/aromatic N) is 1. The van der Waals surface area contributed by atoms with Crippen molar-refractivity contribution in [1.82, 2.24) is 25.9 Å². The molecule has 1 saturated heterocycles. The first kappa shape index (κ1) is 18.4. The van der Waals surface area contributed by atoms with Gasteiger partial charge in [0.15, 0.2) is 0 Å². The Kier molecular flexibility index (Phi) is 5.85. The number of amides is 1. The third-order valence-electron chi connectivity index (χ3n) is 4.34. The highest BCUT2D eigenvalue weighted by atomic mass is 16.1. The van der Waals surface area contributed by atoms with Gasteiger partial charge in [-0.1, -0.05) is 23.3 Å². The summed E-state index contributed by atoms with van der Waals surface area (Å²) >= 11 is 0. The molecule has 1 atom stereocenters. The van der Waals surface area contributed by atoms with Crippen molar-refractivity contribution in [1.29, 1.82) is 0 Å². The van der Waals surface area contributed by atoms with Crippen LogP contribution >= 0.6 is 0 Å². The second-order valence-electron chi connectivity index (χ2n) is 6.98. The van der Waals surface area contributed by atoms with Gasteiger partial charge in [-0.25, -0.2) is 4.98 Å². The van der Waals surface area contributed by atoms with Crippen LogP contribution in [0.2, 0.25) is 0 Å². The van der Waals surface area contributed by atoms with E-state index in [9.17, 15) is 4.79 Å². The number of hydrogen-bond acceptors (Lipinski definition) is 4. The number of aromatic nitrogens is 2. The molecule has 1 aromatic heterocycles. The fourth-order valence-electron chi connectivity index (χ4n) is 2.95. The third-order valence-corrected chi connectivity index (χ3v) is 4.34. The molecule has 0 bridgehead atoms. The summed E-state index contributed by atoms with van der Waals surface area (Å²) in [6.07, 6.45) is 5.07. The fraction of sp³-hybridized carbons (Fsp3) is 0.400. The molecule has 26 heavy (non-hydrogen) atoms. The first-order chi connectivity index (χ1) is 12.5. The van der Waals surface area contributed by atoms with Crippen LogP contribution < -0.4 is 16.0 Å². The van der Waals surface area contributed by atoms with Crippen LogP contribution in [0.1, 0.15) is 43.4 Å². The standard InChI is InChI=1S/C20H27N5O/c1-13(2)7-8-14(3)11-17-23-16-6-4-5-15(19(16)24-17)20(26)25-18-12-21-9-10-22-18/h4-7,11,18,21-22H,8-10,12H2,1-3H3,(H,23,24)(H,25,26)/b14-11+. The van der Waals surface area contributed by atoms with Gasteiger partial charge in [-0.2, -0.15) is 0 Å². The van der Waals surface area contributed by atoms with Crippen molar-refractivity contribution < 1.29 is 4.79 Å². The van der Waals surface area contributed by atoms with Gasteiger partial charge in [-0.3, -0.25) is 10.1 Å². The fourth-order valence-corrected chi connectivity index (χ4v) is 2.95. The average molecular weight is 353 g/mol. The maximum Gasteiger partial charge on any atom is 0.254 e. The number of rotatable bonds is 5. The van der Waals surface area contributed by atoms with Crippen LogP contribution in [0.15, 0.2) is 35.4 Å². The van der Waals surface area contributed by atoms with Gasteiger partial charge < -0.3 is 15.6 Å². The molecule has 2 aromatic rings. The number of benzene rings is 1. The highest BCUT2D eigenvalue weighted by molar-refractivity contribution is 6.05. The van der Waals surface area contributed by atoms with Gasteiger partial charge in [0.2, 0.25) is 0 Å². The van der Waals surface area contributed by atoms with Crippen molar-refractivity contribution in [2.24, 2.45) is 0 Å². The van der Waals surface area contributed by atoms with Gasteiger partial charge in [0.25, 0.3) is 5.91 Å². The molecule has 1 aliphatic heterocycles. The summed E-state index contributed by atoms with van der Waals surface area (Å²) in [4.78, 5) is 20.6.